The lowest BCUT2D eigenvalue weighted by Crippen LogP contribution is -2.40. The Morgan fingerprint density at radius 2 is 1.88 bits per heavy atom. The van der Waals surface area contributed by atoms with Gasteiger partial charge >= 0.3 is 5.97 Å². The summed E-state index contributed by atoms with van der Waals surface area (Å²) in [5.74, 6) is -2.53. The number of nitrogens with zero attached hydrogens (tertiary/aromatic N) is 1. The average molecular weight is 226 g/mol. The van der Waals surface area contributed by atoms with Gasteiger partial charge < -0.3 is 15.7 Å². The number of carbonyl (C=O) groups is 3. The van der Waals surface area contributed by atoms with Gasteiger partial charge in [-0.2, -0.15) is 0 Å². The number of rotatable bonds is 6. The highest BCUT2D eigenvalue weighted by atomic mass is 16.4. The summed E-state index contributed by atoms with van der Waals surface area (Å²) in [4.78, 5) is 33.3. The van der Waals surface area contributed by atoms with E-state index in [1.165, 1.54) is 12.2 Å². The maximum atomic E-state index is 11.4. The van der Waals surface area contributed by atoms with Gasteiger partial charge in [-0.15, -0.1) is 0 Å². The number of hydrogen-bond acceptors (Lipinski definition) is 3. The van der Waals surface area contributed by atoms with Gasteiger partial charge in [0.05, 0.1) is 0 Å². The van der Waals surface area contributed by atoms with E-state index < -0.39 is 30.9 Å². The van der Waals surface area contributed by atoms with Crippen LogP contribution in [0.4, 0.5) is 0 Å². The third-order valence-corrected chi connectivity index (χ3v) is 1.53. The van der Waals surface area contributed by atoms with Crippen molar-refractivity contribution in [2.75, 3.05) is 13.1 Å². The van der Waals surface area contributed by atoms with Crippen LogP contribution >= 0.6 is 0 Å². The van der Waals surface area contributed by atoms with Crippen LogP contribution < -0.4 is 5.73 Å². The lowest BCUT2D eigenvalue weighted by Gasteiger charge is -2.16. The molecule has 0 aromatic rings. The van der Waals surface area contributed by atoms with Gasteiger partial charge in [-0.25, -0.2) is 0 Å². The Balaban J connectivity index is 4.54. The van der Waals surface area contributed by atoms with Crippen LogP contribution in [0.2, 0.25) is 0 Å². The van der Waals surface area contributed by atoms with E-state index >= 15 is 0 Å². The molecule has 0 radical (unpaired) electrons. The van der Waals surface area contributed by atoms with E-state index in [1.807, 2.05) is 0 Å². The van der Waals surface area contributed by atoms with Crippen molar-refractivity contribution in [3.05, 3.63) is 24.3 Å². The third-order valence-electron chi connectivity index (χ3n) is 1.53. The Morgan fingerprint density at radius 1 is 1.25 bits per heavy atom. The molecular formula is C10H14N2O4. The van der Waals surface area contributed by atoms with Crippen LogP contribution in [0.1, 0.15) is 6.92 Å². The molecule has 0 saturated carbocycles. The molecule has 0 aliphatic rings. The van der Waals surface area contributed by atoms with Crippen molar-refractivity contribution in [1.29, 1.82) is 0 Å². The van der Waals surface area contributed by atoms with Crippen molar-refractivity contribution >= 4 is 17.8 Å². The molecule has 0 aliphatic carbocycles. The van der Waals surface area contributed by atoms with Gasteiger partial charge in [-0.3, -0.25) is 14.4 Å². The number of carboxylic acids is 1. The summed E-state index contributed by atoms with van der Waals surface area (Å²) >= 11 is 0. The first-order valence-corrected chi connectivity index (χ1v) is 4.55. The first-order valence-electron chi connectivity index (χ1n) is 4.55. The summed E-state index contributed by atoms with van der Waals surface area (Å²) in [6.45, 7) is 0.806. The van der Waals surface area contributed by atoms with Gasteiger partial charge in [0.25, 0.3) is 0 Å². The van der Waals surface area contributed by atoms with Crippen LogP contribution in [-0.4, -0.2) is 40.9 Å². The molecule has 3 N–H and O–H groups in total. The lowest BCUT2D eigenvalue weighted by molar-refractivity contribution is -0.143. The van der Waals surface area contributed by atoms with Crippen molar-refractivity contribution < 1.29 is 19.5 Å². The monoisotopic (exact) mass is 226 g/mol. The van der Waals surface area contributed by atoms with Crippen molar-refractivity contribution in [3.8, 4) is 0 Å². The molecule has 16 heavy (non-hydrogen) atoms. The zero-order chi connectivity index (χ0) is 12.6. The SMILES string of the molecule is CC=CC=CC(=O)N(CC(N)=O)CC(=O)O. The van der Waals surface area contributed by atoms with Crippen LogP contribution in [0.25, 0.3) is 0 Å². The van der Waals surface area contributed by atoms with Gasteiger partial charge in [-0.1, -0.05) is 18.2 Å². The number of allylic oxidation sites excluding steroid dienone is 3. The molecule has 6 heteroatoms. The molecule has 0 aromatic heterocycles. The number of carbonyl (C=O) groups excluding carboxylic acids is 2. The zero-order valence-electron chi connectivity index (χ0n) is 8.92. The molecule has 2 amide bonds. The second kappa shape index (κ2) is 7.22. The Bertz CT molecular complexity index is 318. The molecule has 0 aromatic carbocycles. The first-order chi connectivity index (χ1) is 7.47. The highest BCUT2D eigenvalue weighted by Crippen LogP contribution is 1.92. The lowest BCUT2D eigenvalue weighted by atomic mass is 10.3. The van der Waals surface area contributed by atoms with Crippen LogP contribution in [0.15, 0.2) is 24.3 Å². The molecule has 0 unspecified atom stereocenters. The van der Waals surface area contributed by atoms with Gasteiger partial charge in [0.2, 0.25) is 11.8 Å². The molecule has 0 aliphatic heterocycles. The minimum absolute atomic E-state index is 0.411. The smallest absolute Gasteiger partial charge is 0.323 e. The molecule has 0 spiro atoms. The molecule has 0 saturated heterocycles. The first kappa shape index (κ1) is 13.9. The minimum atomic E-state index is -1.20. The molecule has 88 valence electrons. The van der Waals surface area contributed by atoms with Gasteiger partial charge in [0.15, 0.2) is 0 Å². The maximum absolute atomic E-state index is 11.4. The quantitative estimate of drug-likeness (QED) is 0.471. The summed E-state index contributed by atoms with van der Waals surface area (Å²) in [6, 6.07) is 0. The summed E-state index contributed by atoms with van der Waals surface area (Å²) < 4.78 is 0. The maximum Gasteiger partial charge on any atom is 0.323 e. The predicted molar refractivity (Wildman–Crippen MR) is 57.4 cm³/mol. The van der Waals surface area contributed by atoms with Crippen LogP contribution in [0.3, 0.4) is 0 Å². The normalized spacial score (nSPS) is 10.8. The Labute approximate surface area is 93.0 Å². The molecule has 0 bridgehead atoms. The van der Waals surface area contributed by atoms with E-state index in [2.05, 4.69) is 0 Å². The Morgan fingerprint density at radius 3 is 2.31 bits per heavy atom. The highest BCUT2D eigenvalue weighted by Gasteiger charge is 2.15. The standard InChI is InChI=1S/C10H14N2O4/c1-2-3-4-5-9(14)12(6-8(11)13)7-10(15)16/h2-5H,6-7H2,1H3,(H2,11,13)(H,15,16). The number of aliphatic carboxylic acids is 1. The molecule has 0 heterocycles. The number of hydrogen-bond donors (Lipinski definition) is 2. The van der Waals surface area contributed by atoms with Gasteiger partial charge in [0, 0.05) is 6.08 Å². The van der Waals surface area contributed by atoms with E-state index in [0.717, 1.165) is 4.90 Å². The molecular weight excluding hydrogens is 212 g/mol. The highest BCUT2D eigenvalue weighted by molar-refractivity contribution is 5.93. The van der Waals surface area contributed by atoms with E-state index in [4.69, 9.17) is 10.8 Å². The molecule has 6 nitrogen and oxygen atoms in total. The van der Waals surface area contributed by atoms with Gasteiger partial charge in [0.1, 0.15) is 13.1 Å². The Kier molecular flexibility index (Phi) is 6.27. The molecule has 0 atom stereocenters. The van der Waals surface area contributed by atoms with Crippen LogP contribution in [0, 0.1) is 0 Å². The topological polar surface area (TPSA) is 101 Å². The third kappa shape index (κ3) is 6.36. The number of nitrogens with two attached hydrogens (primary N) is 1. The molecule has 0 rings (SSSR count). The minimum Gasteiger partial charge on any atom is -0.480 e. The van der Waals surface area contributed by atoms with E-state index in [1.54, 1.807) is 19.1 Å². The van der Waals surface area contributed by atoms with E-state index in [-0.39, 0.29) is 0 Å². The zero-order valence-corrected chi connectivity index (χ0v) is 8.92. The van der Waals surface area contributed by atoms with E-state index in [9.17, 15) is 14.4 Å². The summed E-state index contributed by atoms with van der Waals surface area (Å²) in [6.07, 6.45) is 5.95. The second-order valence-electron chi connectivity index (χ2n) is 2.94. The summed E-state index contributed by atoms with van der Waals surface area (Å²) in [7, 11) is 0. The Hall–Kier alpha value is -2.11. The summed E-state index contributed by atoms with van der Waals surface area (Å²) in [5, 5.41) is 8.53. The largest absolute Gasteiger partial charge is 0.480 e. The summed E-state index contributed by atoms with van der Waals surface area (Å²) in [5.41, 5.74) is 4.90. The second-order valence-corrected chi connectivity index (χ2v) is 2.94. The fraction of sp³-hybridized carbons (Fsp3) is 0.300. The number of carboxylic acid groups (broad SMARTS) is 1. The van der Waals surface area contributed by atoms with Crippen molar-refractivity contribution in [2.45, 2.75) is 6.92 Å². The van der Waals surface area contributed by atoms with Gasteiger partial charge in [-0.05, 0) is 6.92 Å². The predicted octanol–water partition coefficient (Wildman–Crippen LogP) is -0.483. The van der Waals surface area contributed by atoms with Crippen LogP contribution in [0.5, 0.6) is 0 Å². The fourth-order valence-electron chi connectivity index (χ4n) is 0.918. The van der Waals surface area contributed by atoms with Crippen molar-refractivity contribution in [3.63, 3.8) is 0 Å². The molecule has 0 fully saturated rings. The number of primary amides is 1. The van der Waals surface area contributed by atoms with Crippen molar-refractivity contribution in [1.82, 2.24) is 4.90 Å². The fourth-order valence-corrected chi connectivity index (χ4v) is 0.918. The van der Waals surface area contributed by atoms with E-state index in [0.29, 0.717) is 0 Å². The van der Waals surface area contributed by atoms with Crippen molar-refractivity contribution in [2.24, 2.45) is 5.73 Å². The average Bonchev–Trinajstić information content (AvgIpc) is 2.15. The van der Waals surface area contributed by atoms with Crippen LogP contribution in [-0.2, 0) is 14.4 Å². The number of amides is 2.